The fourth-order valence-electron chi connectivity index (χ4n) is 0.920. The van der Waals surface area contributed by atoms with E-state index < -0.39 is 0 Å². The standard InChI is InChI=1S/C7H9.C5H5.Ti/c1-6-4-3-5-7(6)2;1-2-4-5-3-1;/h3-5H,1-2H3;1-5H;/q-1;-5;. The van der Waals surface area contributed by atoms with Gasteiger partial charge in [-0.2, -0.15) is 17.2 Å². The second-order valence-corrected chi connectivity index (χ2v) is 2.85. The Balaban J connectivity index is 0.000000215. The number of aryl methyl sites for hydroxylation is 2. The summed E-state index contributed by atoms with van der Waals surface area (Å²) in [5.41, 5.74) is 2.78. The van der Waals surface area contributed by atoms with Crippen LogP contribution in [-0.2, 0) is 21.7 Å². The van der Waals surface area contributed by atoms with Crippen molar-refractivity contribution in [1.82, 2.24) is 0 Å². The number of rotatable bonds is 0. The molecule has 1 heteroatoms. The van der Waals surface area contributed by atoms with Crippen molar-refractivity contribution in [2.45, 2.75) is 13.8 Å². The van der Waals surface area contributed by atoms with Crippen LogP contribution < -0.4 is 0 Å². The third-order valence-electron chi connectivity index (χ3n) is 1.87. The van der Waals surface area contributed by atoms with E-state index in [0.29, 0.717) is 0 Å². The van der Waals surface area contributed by atoms with Crippen LogP contribution in [-0.4, -0.2) is 0 Å². The van der Waals surface area contributed by atoms with E-state index in [-0.39, 0.29) is 21.7 Å². The van der Waals surface area contributed by atoms with Gasteiger partial charge in [0.15, 0.2) is 0 Å². The quantitative estimate of drug-likeness (QED) is 0.457. The van der Waals surface area contributed by atoms with Gasteiger partial charge in [0.1, 0.15) is 0 Å². The summed E-state index contributed by atoms with van der Waals surface area (Å²) in [5.74, 6) is 0. The minimum absolute atomic E-state index is 0. The van der Waals surface area contributed by atoms with E-state index >= 15 is 0 Å². The molecule has 0 atom stereocenters. The molecular weight excluding hydrogens is 192 g/mol. The first kappa shape index (κ1) is 12.4. The van der Waals surface area contributed by atoms with Gasteiger partial charge in [0.25, 0.3) is 0 Å². The van der Waals surface area contributed by atoms with Crippen LogP contribution >= 0.6 is 0 Å². The van der Waals surface area contributed by atoms with Crippen LogP contribution in [0.25, 0.3) is 0 Å². The van der Waals surface area contributed by atoms with Crippen molar-refractivity contribution < 1.29 is 21.7 Å². The molecule has 0 bridgehead atoms. The predicted molar refractivity (Wildman–Crippen MR) is 53.5 cm³/mol. The fraction of sp³-hybridized carbons (Fsp3) is 0.167. The first-order valence-electron chi connectivity index (χ1n) is 4.16. The van der Waals surface area contributed by atoms with Crippen molar-refractivity contribution in [3.05, 3.63) is 59.7 Å². The molecule has 0 amide bonds. The molecule has 0 radical (unpaired) electrons. The van der Waals surface area contributed by atoms with Gasteiger partial charge in [0, 0.05) is 21.7 Å². The largest absolute Gasteiger partial charge is 0.748 e. The predicted octanol–water partition coefficient (Wildman–Crippen LogP) is 3.43. The van der Waals surface area contributed by atoms with E-state index in [9.17, 15) is 0 Å². The third-order valence-corrected chi connectivity index (χ3v) is 1.87. The second kappa shape index (κ2) is 6.88. The first-order valence-corrected chi connectivity index (χ1v) is 4.16. The van der Waals surface area contributed by atoms with Crippen LogP contribution in [0, 0.1) is 13.8 Å². The fourth-order valence-corrected chi connectivity index (χ4v) is 0.920. The van der Waals surface area contributed by atoms with Gasteiger partial charge in [0.2, 0.25) is 0 Å². The zero-order chi connectivity index (χ0) is 8.81. The molecular formula is C12H14Ti-6. The monoisotopic (exact) mass is 206 g/mol. The average Bonchev–Trinajstić information content (AvgIpc) is 2.67. The van der Waals surface area contributed by atoms with Gasteiger partial charge in [-0.05, 0) is 0 Å². The average molecular weight is 206 g/mol. The Bertz CT molecular complexity index is 257. The summed E-state index contributed by atoms with van der Waals surface area (Å²) in [6.07, 6.45) is 0. The van der Waals surface area contributed by atoms with Gasteiger partial charge < -0.3 is 30.3 Å². The molecule has 0 aromatic heterocycles. The Labute approximate surface area is 95.2 Å². The summed E-state index contributed by atoms with van der Waals surface area (Å²) in [6.45, 7) is 4.24. The summed E-state index contributed by atoms with van der Waals surface area (Å²) < 4.78 is 0. The molecule has 0 N–H and O–H groups in total. The van der Waals surface area contributed by atoms with Crippen LogP contribution in [0.4, 0.5) is 0 Å². The van der Waals surface area contributed by atoms with Crippen LogP contribution in [0.15, 0.2) is 48.5 Å². The van der Waals surface area contributed by atoms with Gasteiger partial charge in [-0.1, -0.05) is 13.8 Å². The molecule has 2 aromatic carbocycles. The number of hydrogen-bond acceptors (Lipinski definition) is 0. The molecule has 0 aliphatic rings. The van der Waals surface area contributed by atoms with E-state index in [0.717, 1.165) is 0 Å². The van der Waals surface area contributed by atoms with Gasteiger partial charge >= 0.3 is 0 Å². The SMILES string of the molecule is Cc1ccc[c-]1C.[Ti].[cH-]1[cH-][cH-][cH-][cH-]1. The summed E-state index contributed by atoms with van der Waals surface area (Å²) in [7, 11) is 0. The Morgan fingerprint density at radius 3 is 1.69 bits per heavy atom. The van der Waals surface area contributed by atoms with Crippen LogP contribution in [0.1, 0.15) is 11.1 Å². The maximum absolute atomic E-state index is 2.12. The van der Waals surface area contributed by atoms with Gasteiger partial charge in [0.05, 0.1) is 0 Å². The maximum atomic E-state index is 2.12. The topological polar surface area (TPSA) is 0 Å². The molecule has 72 valence electrons. The summed E-state index contributed by atoms with van der Waals surface area (Å²) in [5, 5.41) is 0. The van der Waals surface area contributed by atoms with Crippen molar-refractivity contribution in [1.29, 1.82) is 0 Å². The molecule has 0 aliphatic heterocycles. The molecule has 13 heavy (non-hydrogen) atoms. The normalized spacial score (nSPS) is 8.15. The smallest absolute Gasteiger partial charge is 0 e. The molecule has 0 heterocycles. The molecule has 2 rings (SSSR count). The number of hydrogen-bond donors (Lipinski definition) is 0. The van der Waals surface area contributed by atoms with Crippen molar-refractivity contribution in [3.8, 4) is 0 Å². The van der Waals surface area contributed by atoms with Crippen LogP contribution in [0.5, 0.6) is 0 Å². The van der Waals surface area contributed by atoms with Crippen molar-refractivity contribution >= 4 is 0 Å². The molecule has 0 saturated heterocycles. The zero-order valence-corrected chi connectivity index (χ0v) is 9.68. The molecule has 0 spiro atoms. The zero-order valence-electron chi connectivity index (χ0n) is 8.12. The molecule has 0 saturated carbocycles. The molecule has 0 unspecified atom stereocenters. The van der Waals surface area contributed by atoms with E-state index in [1.54, 1.807) is 0 Å². The van der Waals surface area contributed by atoms with E-state index in [1.165, 1.54) is 11.1 Å². The minimum atomic E-state index is 0. The molecule has 0 nitrogen and oxygen atoms in total. The van der Waals surface area contributed by atoms with Crippen LogP contribution in [0.3, 0.4) is 0 Å². The Kier molecular flexibility index (Phi) is 6.57. The maximum Gasteiger partial charge on any atom is 0 e. The van der Waals surface area contributed by atoms with Crippen molar-refractivity contribution in [2.75, 3.05) is 0 Å². The third kappa shape index (κ3) is 4.87. The van der Waals surface area contributed by atoms with E-state index in [1.807, 2.05) is 30.3 Å². The van der Waals surface area contributed by atoms with Gasteiger partial charge in [-0.25, -0.2) is 12.1 Å². The summed E-state index contributed by atoms with van der Waals surface area (Å²) in [4.78, 5) is 0. The molecule has 0 fully saturated rings. The summed E-state index contributed by atoms with van der Waals surface area (Å²) >= 11 is 0. The summed E-state index contributed by atoms with van der Waals surface area (Å²) in [6, 6.07) is 16.3. The minimum Gasteiger partial charge on any atom is -0.748 e. The molecule has 0 aliphatic carbocycles. The van der Waals surface area contributed by atoms with Crippen LogP contribution in [0.2, 0.25) is 0 Å². The van der Waals surface area contributed by atoms with Crippen molar-refractivity contribution in [2.24, 2.45) is 0 Å². The molecule has 2 aromatic rings. The Morgan fingerprint density at radius 1 is 1.08 bits per heavy atom. The van der Waals surface area contributed by atoms with Crippen molar-refractivity contribution in [3.63, 3.8) is 0 Å². The van der Waals surface area contributed by atoms with E-state index in [2.05, 4.69) is 32.0 Å². The Morgan fingerprint density at radius 2 is 1.54 bits per heavy atom. The second-order valence-electron chi connectivity index (χ2n) is 2.85. The van der Waals surface area contributed by atoms with Gasteiger partial charge in [-0.15, -0.1) is 0 Å². The van der Waals surface area contributed by atoms with E-state index in [4.69, 9.17) is 0 Å². The first-order chi connectivity index (χ1) is 5.80. The Hall–Kier alpha value is -0.586. The van der Waals surface area contributed by atoms with Gasteiger partial charge in [-0.3, -0.25) is 0 Å².